The predicted molar refractivity (Wildman–Crippen MR) is 133 cm³/mol. The second-order valence-electron chi connectivity index (χ2n) is 13.6. The lowest BCUT2D eigenvalue weighted by molar-refractivity contribution is -0.175. The van der Waals surface area contributed by atoms with Gasteiger partial charge in [0.2, 0.25) is 0 Å². The highest BCUT2D eigenvalue weighted by atomic mass is 16.3. The monoisotopic (exact) mass is 478 g/mol. The molecule has 34 heavy (non-hydrogen) atoms. The molecule has 0 aromatic heterocycles. The van der Waals surface area contributed by atoms with Gasteiger partial charge in [-0.05, 0) is 90.8 Å². The summed E-state index contributed by atoms with van der Waals surface area (Å²) in [6, 6.07) is 0. The molecule has 4 unspecified atom stereocenters. The van der Waals surface area contributed by atoms with Crippen LogP contribution in [-0.2, 0) is 4.79 Å². The van der Waals surface area contributed by atoms with Crippen molar-refractivity contribution in [2.24, 2.45) is 58.2 Å². The first kappa shape index (κ1) is 26.6. The lowest BCUT2D eigenvalue weighted by Crippen LogP contribution is -2.59. The first-order valence-corrected chi connectivity index (χ1v) is 14.1. The largest absolute Gasteiger partial charge is 0.390 e. The van der Waals surface area contributed by atoms with Gasteiger partial charge in [0, 0.05) is 12.3 Å². The first-order valence-electron chi connectivity index (χ1n) is 14.1. The molecular weight excluding hydrogens is 428 g/mol. The molecule has 4 saturated carbocycles. The molecule has 196 valence electrons. The Morgan fingerprint density at radius 3 is 2.21 bits per heavy atom. The molecule has 4 fully saturated rings. The lowest BCUT2D eigenvalue weighted by Gasteiger charge is -2.61. The van der Waals surface area contributed by atoms with E-state index in [1.165, 1.54) is 0 Å². The van der Waals surface area contributed by atoms with Crippen molar-refractivity contribution < 1.29 is 25.2 Å². The van der Waals surface area contributed by atoms with Crippen LogP contribution in [0.25, 0.3) is 0 Å². The molecule has 0 bridgehead atoms. The Labute approximate surface area is 206 Å². The van der Waals surface area contributed by atoms with E-state index in [0.717, 1.165) is 32.1 Å². The quantitative estimate of drug-likeness (QED) is 0.459. The van der Waals surface area contributed by atoms with Gasteiger partial charge < -0.3 is 20.4 Å². The van der Waals surface area contributed by atoms with Gasteiger partial charge in [-0.3, -0.25) is 4.79 Å². The first-order chi connectivity index (χ1) is 15.9. The van der Waals surface area contributed by atoms with Gasteiger partial charge in [-0.25, -0.2) is 0 Å². The summed E-state index contributed by atoms with van der Waals surface area (Å²) >= 11 is 0. The van der Waals surface area contributed by atoms with Crippen LogP contribution in [0.2, 0.25) is 0 Å². The van der Waals surface area contributed by atoms with Crippen molar-refractivity contribution in [3.8, 4) is 0 Å². The van der Waals surface area contributed by atoms with Crippen LogP contribution in [0.1, 0.15) is 92.9 Å². The molecule has 5 nitrogen and oxygen atoms in total. The highest BCUT2D eigenvalue weighted by Gasteiger charge is 2.63. The molecule has 13 atom stereocenters. The number of hydrogen-bond acceptors (Lipinski definition) is 5. The van der Waals surface area contributed by atoms with Gasteiger partial charge >= 0.3 is 0 Å². The molecule has 4 N–H and O–H groups in total. The van der Waals surface area contributed by atoms with E-state index >= 15 is 0 Å². The number of Topliss-reactive ketones (excluding diaryl/α,β-unsaturated/α-hetero) is 1. The van der Waals surface area contributed by atoms with Crippen molar-refractivity contribution in [1.29, 1.82) is 0 Å². The van der Waals surface area contributed by atoms with E-state index in [9.17, 15) is 25.2 Å². The fourth-order valence-corrected chi connectivity index (χ4v) is 9.89. The van der Waals surface area contributed by atoms with Crippen LogP contribution in [0.3, 0.4) is 0 Å². The molecule has 0 saturated heterocycles. The zero-order valence-corrected chi connectivity index (χ0v) is 22.3. The summed E-state index contributed by atoms with van der Waals surface area (Å²) in [6.45, 7) is 13.1. The Kier molecular flexibility index (Phi) is 7.37. The van der Waals surface area contributed by atoms with Crippen molar-refractivity contribution in [3.05, 3.63) is 0 Å². The average molecular weight is 479 g/mol. The summed E-state index contributed by atoms with van der Waals surface area (Å²) in [4.78, 5) is 13.4. The van der Waals surface area contributed by atoms with Crippen LogP contribution in [0.5, 0.6) is 0 Å². The van der Waals surface area contributed by atoms with Gasteiger partial charge in [-0.15, -0.1) is 0 Å². The molecule has 4 aliphatic rings. The van der Waals surface area contributed by atoms with Crippen molar-refractivity contribution in [1.82, 2.24) is 0 Å². The van der Waals surface area contributed by atoms with E-state index < -0.39 is 24.4 Å². The molecule has 0 spiro atoms. The highest BCUT2D eigenvalue weighted by Crippen LogP contribution is 2.67. The van der Waals surface area contributed by atoms with Crippen LogP contribution in [0.4, 0.5) is 0 Å². The van der Waals surface area contributed by atoms with E-state index in [2.05, 4.69) is 41.5 Å². The molecule has 0 radical (unpaired) electrons. The number of carbonyl (C=O) groups excluding carboxylic acids is 1. The summed E-state index contributed by atoms with van der Waals surface area (Å²) < 4.78 is 0. The minimum atomic E-state index is -0.783. The second-order valence-corrected chi connectivity index (χ2v) is 13.6. The summed E-state index contributed by atoms with van der Waals surface area (Å²) in [7, 11) is 0. The standard InChI is InChI=1S/C29H50O5/c1-7-17(15(2)3)27(34)26(33)16(4)19-8-9-20-18-12-23(30)22-13-24(31)25(32)14-29(22,6)21(18)10-11-28(19,20)5/h15-22,24-27,31-34H,7-14H2,1-6H3/t16-,17-,18-,19+,20-,21-,22+,24?,25?,26?,27?,28+,29+/m0/s1. The van der Waals surface area contributed by atoms with Gasteiger partial charge in [0.25, 0.3) is 0 Å². The van der Waals surface area contributed by atoms with E-state index in [4.69, 9.17) is 0 Å². The minimum absolute atomic E-state index is 0.0172. The summed E-state index contributed by atoms with van der Waals surface area (Å²) in [5, 5.41) is 43.1. The molecule has 0 aromatic rings. The Balaban J connectivity index is 1.55. The van der Waals surface area contributed by atoms with E-state index in [1.54, 1.807) is 0 Å². The van der Waals surface area contributed by atoms with Crippen molar-refractivity contribution >= 4 is 5.78 Å². The summed E-state index contributed by atoms with van der Waals surface area (Å²) in [6.07, 6.45) is 3.69. The van der Waals surface area contributed by atoms with Crippen LogP contribution < -0.4 is 0 Å². The van der Waals surface area contributed by atoms with Crippen LogP contribution >= 0.6 is 0 Å². The van der Waals surface area contributed by atoms with Crippen molar-refractivity contribution in [2.45, 2.75) is 117 Å². The van der Waals surface area contributed by atoms with Crippen LogP contribution in [0, 0.1) is 58.2 Å². The van der Waals surface area contributed by atoms with Gasteiger partial charge in [0.1, 0.15) is 5.78 Å². The molecule has 4 rings (SSSR count). The second kappa shape index (κ2) is 9.43. The number of rotatable bonds is 6. The van der Waals surface area contributed by atoms with E-state index in [0.29, 0.717) is 48.9 Å². The maximum atomic E-state index is 13.4. The molecular formula is C29H50O5. The number of hydrogen-bond donors (Lipinski definition) is 4. The third kappa shape index (κ3) is 4.01. The summed E-state index contributed by atoms with van der Waals surface area (Å²) in [5.74, 6) is 2.12. The molecule has 0 aliphatic heterocycles. The number of aliphatic hydroxyl groups is 4. The topological polar surface area (TPSA) is 98.0 Å². The highest BCUT2D eigenvalue weighted by molar-refractivity contribution is 5.83. The van der Waals surface area contributed by atoms with Gasteiger partial charge in [-0.1, -0.05) is 48.0 Å². The van der Waals surface area contributed by atoms with Gasteiger partial charge in [0.15, 0.2) is 0 Å². The smallest absolute Gasteiger partial charge is 0.136 e. The summed E-state index contributed by atoms with van der Waals surface area (Å²) in [5.41, 5.74) is -0.165. The number of aliphatic hydroxyl groups excluding tert-OH is 4. The zero-order valence-electron chi connectivity index (χ0n) is 22.3. The van der Waals surface area contributed by atoms with E-state index in [1.807, 2.05) is 0 Å². The normalized spacial score (nSPS) is 48.0. The number of carbonyl (C=O) groups is 1. The molecule has 5 heteroatoms. The van der Waals surface area contributed by atoms with Gasteiger partial charge in [-0.2, -0.15) is 0 Å². The number of ketones is 1. The maximum absolute atomic E-state index is 13.4. The third-order valence-electron chi connectivity index (χ3n) is 11.8. The van der Waals surface area contributed by atoms with Crippen LogP contribution in [-0.4, -0.2) is 50.6 Å². The Morgan fingerprint density at radius 1 is 0.941 bits per heavy atom. The molecule has 4 aliphatic carbocycles. The Hall–Kier alpha value is -0.490. The third-order valence-corrected chi connectivity index (χ3v) is 11.8. The molecule has 0 aromatic carbocycles. The average Bonchev–Trinajstić information content (AvgIpc) is 3.12. The number of fused-ring (bicyclic) bond motifs is 5. The fraction of sp³-hybridized carbons (Fsp3) is 0.966. The van der Waals surface area contributed by atoms with Crippen molar-refractivity contribution in [3.63, 3.8) is 0 Å². The lowest BCUT2D eigenvalue weighted by atomic mass is 9.44. The van der Waals surface area contributed by atoms with Gasteiger partial charge in [0.05, 0.1) is 24.4 Å². The maximum Gasteiger partial charge on any atom is 0.136 e. The van der Waals surface area contributed by atoms with Crippen LogP contribution in [0.15, 0.2) is 0 Å². The minimum Gasteiger partial charge on any atom is -0.390 e. The van der Waals surface area contributed by atoms with E-state index in [-0.39, 0.29) is 34.4 Å². The SMILES string of the molecule is CC[C@@H](C(C)C)C(O)C(O)[C@@H](C)[C@H]1CC[C@H]2[C@@H]3CC(=O)[C@H]4CC(O)C(O)C[C@]4(C)[C@H]3CC[C@]12C. The molecule has 0 amide bonds. The zero-order chi connectivity index (χ0) is 25.2. The Bertz CT molecular complexity index is 753. The fourth-order valence-electron chi connectivity index (χ4n) is 9.89. The molecule has 0 heterocycles. The predicted octanol–water partition coefficient (Wildman–Crippen LogP) is 4.20. The Morgan fingerprint density at radius 2 is 1.59 bits per heavy atom. The van der Waals surface area contributed by atoms with Crippen molar-refractivity contribution in [2.75, 3.05) is 0 Å².